The molecule has 2 amide bonds. The van der Waals surface area contributed by atoms with Crippen LogP contribution >= 0.6 is 0 Å². The van der Waals surface area contributed by atoms with E-state index >= 15 is 0 Å². The molecule has 0 aromatic heterocycles. The van der Waals surface area contributed by atoms with Gasteiger partial charge >= 0.3 is 11.8 Å². The number of anilines is 1. The molecule has 0 aliphatic rings. The Labute approximate surface area is 139 Å². The monoisotopic (exact) mass is 327 g/mol. The summed E-state index contributed by atoms with van der Waals surface area (Å²) in [6, 6.07) is 11.6. The Morgan fingerprint density at radius 1 is 1.12 bits per heavy atom. The molecule has 124 valence electrons. The van der Waals surface area contributed by atoms with Crippen molar-refractivity contribution in [3.8, 4) is 11.5 Å². The fourth-order valence-electron chi connectivity index (χ4n) is 1.82. The lowest BCUT2D eigenvalue weighted by molar-refractivity contribution is -0.136. The quantitative estimate of drug-likeness (QED) is 0.453. The standard InChI is InChI=1S/C17H17N3O4/c1-11-3-6-13(7-4-11)19-16(22)17(23)20-18-10-12-5-8-14(21)15(9-12)24-2/h3-10,21H,1-2H3,(H,19,22)(H,20,23). The predicted molar refractivity (Wildman–Crippen MR) is 90.2 cm³/mol. The van der Waals surface area contributed by atoms with Crippen LogP contribution in [0.5, 0.6) is 11.5 Å². The number of nitrogens with zero attached hydrogens (tertiary/aromatic N) is 1. The summed E-state index contributed by atoms with van der Waals surface area (Å²) in [5.74, 6) is -1.43. The molecule has 0 radical (unpaired) electrons. The SMILES string of the molecule is COc1cc(C=NNC(=O)C(=O)Nc2ccc(C)cc2)ccc1O. The highest BCUT2D eigenvalue weighted by atomic mass is 16.5. The molecule has 0 saturated heterocycles. The molecule has 0 heterocycles. The summed E-state index contributed by atoms with van der Waals surface area (Å²) in [4.78, 5) is 23.4. The number of rotatable bonds is 4. The number of ether oxygens (including phenoxy) is 1. The third-order valence-electron chi connectivity index (χ3n) is 3.10. The van der Waals surface area contributed by atoms with Crippen LogP contribution < -0.4 is 15.5 Å². The first-order chi connectivity index (χ1) is 11.5. The molecule has 0 aliphatic carbocycles. The molecule has 0 spiro atoms. The fourth-order valence-corrected chi connectivity index (χ4v) is 1.82. The van der Waals surface area contributed by atoms with Crippen LogP contribution in [0.4, 0.5) is 5.69 Å². The zero-order chi connectivity index (χ0) is 17.5. The molecule has 2 aromatic rings. The van der Waals surface area contributed by atoms with E-state index in [-0.39, 0.29) is 11.5 Å². The van der Waals surface area contributed by atoms with Crippen molar-refractivity contribution in [2.24, 2.45) is 5.10 Å². The van der Waals surface area contributed by atoms with Gasteiger partial charge in [0, 0.05) is 5.69 Å². The molecule has 0 fully saturated rings. The van der Waals surface area contributed by atoms with E-state index in [2.05, 4.69) is 15.8 Å². The molecular weight excluding hydrogens is 310 g/mol. The number of methoxy groups -OCH3 is 1. The van der Waals surface area contributed by atoms with Gasteiger partial charge in [0.2, 0.25) is 0 Å². The number of phenolic OH excluding ortho intramolecular Hbond substituents is 1. The van der Waals surface area contributed by atoms with E-state index in [1.165, 1.54) is 25.5 Å². The first kappa shape index (κ1) is 17.0. The summed E-state index contributed by atoms with van der Waals surface area (Å²) in [6.07, 6.45) is 1.33. The van der Waals surface area contributed by atoms with Crippen LogP contribution in [0.25, 0.3) is 0 Å². The lowest BCUT2D eigenvalue weighted by atomic mass is 10.2. The first-order valence-corrected chi connectivity index (χ1v) is 7.07. The van der Waals surface area contributed by atoms with Gasteiger partial charge in [0.15, 0.2) is 11.5 Å². The molecule has 3 N–H and O–H groups in total. The second-order valence-corrected chi connectivity index (χ2v) is 4.95. The van der Waals surface area contributed by atoms with Gasteiger partial charge in [-0.3, -0.25) is 9.59 Å². The summed E-state index contributed by atoms with van der Waals surface area (Å²) in [7, 11) is 1.42. The van der Waals surface area contributed by atoms with Gasteiger partial charge in [0.25, 0.3) is 0 Å². The minimum atomic E-state index is -0.891. The molecule has 2 rings (SSSR count). The molecular formula is C17H17N3O4. The predicted octanol–water partition coefficient (Wildman–Crippen LogP) is 1.80. The Hall–Kier alpha value is -3.35. The molecule has 0 bridgehead atoms. The smallest absolute Gasteiger partial charge is 0.329 e. The lowest BCUT2D eigenvalue weighted by Gasteiger charge is -2.04. The number of amides is 2. The Bertz CT molecular complexity index is 770. The maximum absolute atomic E-state index is 11.7. The summed E-state index contributed by atoms with van der Waals surface area (Å²) in [5, 5.41) is 15.7. The Kier molecular flexibility index (Phi) is 5.51. The number of hydrogen-bond donors (Lipinski definition) is 3. The molecule has 2 aromatic carbocycles. The number of hydrogen-bond acceptors (Lipinski definition) is 5. The third kappa shape index (κ3) is 4.57. The number of carbonyl (C=O) groups excluding carboxylic acids is 2. The largest absolute Gasteiger partial charge is 0.504 e. The van der Waals surface area contributed by atoms with E-state index in [0.717, 1.165) is 5.56 Å². The molecule has 0 aliphatic heterocycles. The van der Waals surface area contributed by atoms with Crippen molar-refractivity contribution in [1.82, 2.24) is 5.43 Å². The van der Waals surface area contributed by atoms with Crippen LogP contribution in [-0.4, -0.2) is 30.2 Å². The molecule has 0 saturated carbocycles. The zero-order valence-corrected chi connectivity index (χ0v) is 13.2. The minimum Gasteiger partial charge on any atom is -0.504 e. The highest BCUT2D eigenvalue weighted by Gasteiger charge is 2.12. The lowest BCUT2D eigenvalue weighted by Crippen LogP contribution is -2.32. The maximum Gasteiger partial charge on any atom is 0.329 e. The highest BCUT2D eigenvalue weighted by Crippen LogP contribution is 2.25. The van der Waals surface area contributed by atoms with Gasteiger partial charge in [0.05, 0.1) is 13.3 Å². The van der Waals surface area contributed by atoms with E-state index in [1.54, 1.807) is 18.2 Å². The Morgan fingerprint density at radius 3 is 2.50 bits per heavy atom. The average Bonchev–Trinajstić information content (AvgIpc) is 2.58. The van der Waals surface area contributed by atoms with E-state index < -0.39 is 11.8 Å². The number of aromatic hydroxyl groups is 1. The Balaban J connectivity index is 1.92. The van der Waals surface area contributed by atoms with Crippen molar-refractivity contribution in [3.05, 3.63) is 53.6 Å². The van der Waals surface area contributed by atoms with Crippen LogP contribution in [0.3, 0.4) is 0 Å². The zero-order valence-electron chi connectivity index (χ0n) is 13.2. The van der Waals surface area contributed by atoms with E-state index in [1.807, 2.05) is 19.1 Å². The van der Waals surface area contributed by atoms with Gasteiger partial charge in [-0.25, -0.2) is 5.43 Å². The van der Waals surface area contributed by atoms with Gasteiger partial charge < -0.3 is 15.2 Å². The van der Waals surface area contributed by atoms with Gasteiger partial charge in [-0.05, 0) is 42.8 Å². The van der Waals surface area contributed by atoms with Crippen molar-refractivity contribution in [2.45, 2.75) is 6.92 Å². The normalized spacial score (nSPS) is 10.4. The molecule has 7 heteroatoms. The van der Waals surface area contributed by atoms with Crippen molar-refractivity contribution in [1.29, 1.82) is 0 Å². The third-order valence-corrected chi connectivity index (χ3v) is 3.10. The minimum absolute atomic E-state index is 0.00355. The van der Waals surface area contributed by atoms with Crippen molar-refractivity contribution in [3.63, 3.8) is 0 Å². The van der Waals surface area contributed by atoms with Crippen molar-refractivity contribution in [2.75, 3.05) is 12.4 Å². The maximum atomic E-state index is 11.7. The van der Waals surface area contributed by atoms with Crippen LogP contribution in [0.15, 0.2) is 47.6 Å². The fraction of sp³-hybridized carbons (Fsp3) is 0.118. The van der Waals surface area contributed by atoms with Crippen LogP contribution in [0, 0.1) is 6.92 Å². The number of phenols is 1. The molecule has 7 nitrogen and oxygen atoms in total. The summed E-state index contributed by atoms with van der Waals surface area (Å²) >= 11 is 0. The van der Waals surface area contributed by atoms with Gasteiger partial charge in [-0.2, -0.15) is 5.10 Å². The second kappa shape index (κ2) is 7.77. The topological polar surface area (TPSA) is 100 Å². The number of nitrogens with one attached hydrogen (secondary N) is 2. The second-order valence-electron chi connectivity index (χ2n) is 4.95. The summed E-state index contributed by atoms with van der Waals surface area (Å²) < 4.78 is 4.96. The van der Waals surface area contributed by atoms with Crippen LogP contribution in [-0.2, 0) is 9.59 Å². The summed E-state index contributed by atoms with van der Waals surface area (Å²) in [5.41, 5.74) is 4.29. The van der Waals surface area contributed by atoms with E-state index in [0.29, 0.717) is 11.3 Å². The average molecular weight is 327 g/mol. The molecule has 0 atom stereocenters. The van der Waals surface area contributed by atoms with Gasteiger partial charge in [-0.15, -0.1) is 0 Å². The number of hydrazone groups is 1. The molecule has 0 unspecified atom stereocenters. The first-order valence-electron chi connectivity index (χ1n) is 7.07. The van der Waals surface area contributed by atoms with Crippen molar-refractivity contribution >= 4 is 23.7 Å². The van der Waals surface area contributed by atoms with Gasteiger partial charge in [-0.1, -0.05) is 17.7 Å². The van der Waals surface area contributed by atoms with E-state index in [9.17, 15) is 14.7 Å². The molecule has 24 heavy (non-hydrogen) atoms. The van der Waals surface area contributed by atoms with Crippen molar-refractivity contribution < 1.29 is 19.4 Å². The van der Waals surface area contributed by atoms with E-state index in [4.69, 9.17) is 4.74 Å². The summed E-state index contributed by atoms with van der Waals surface area (Å²) in [6.45, 7) is 1.92. The van der Waals surface area contributed by atoms with Gasteiger partial charge in [0.1, 0.15) is 0 Å². The van der Waals surface area contributed by atoms with Crippen LogP contribution in [0.1, 0.15) is 11.1 Å². The number of aryl methyl sites for hydroxylation is 1. The highest BCUT2D eigenvalue weighted by molar-refractivity contribution is 6.39. The number of benzene rings is 2. The van der Waals surface area contributed by atoms with Crippen LogP contribution in [0.2, 0.25) is 0 Å². The number of carbonyl (C=O) groups is 2. The Morgan fingerprint density at radius 2 is 1.83 bits per heavy atom.